The number of methoxy groups -OCH3 is 2. The van der Waals surface area contributed by atoms with Crippen LogP contribution in [0.3, 0.4) is 0 Å². The van der Waals surface area contributed by atoms with Gasteiger partial charge < -0.3 is 24.4 Å². The molecule has 0 heterocycles. The number of amides is 2. The molecule has 2 aromatic rings. The van der Waals surface area contributed by atoms with Crippen molar-refractivity contribution in [2.45, 2.75) is 52.6 Å². The zero-order chi connectivity index (χ0) is 24.2. The van der Waals surface area contributed by atoms with Crippen molar-refractivity contribution in [1.29, 1.82) is 0 Å². The van der Waals surface area contributed by atoms with Gasteiger partial charge in [-0.25, -0.2) is 0 Å². The standard InChI is InChI=1S/C26H36N2O5/c1-6-8-12-27-26(30)24(7-2)28(17-20-11-9-10-19(3)13-20)25(29)18-33-23-15-21(31-4)14-22(16-23)32-5/h9-11,13-16,24H,6-8,12,17-18H2,1-5H3,(H,27,30). The molecule has 180 valence electrons. The molecule has 7 nitrogen and oxygen atoms in total. The van der Waals surface area contributed by atoms with Crippen molar-refractivity contribution >= 4 is 11.8 Å². The maximum absolute atomic E-state index is 13.3. The predicted molar refractivity (Wildman–Crippen MR) is 129 cm³/mol. The number of ether oxygens (including phenoxy) is 3. The fourth-order valence-corrected chi connectivity index (χ4v) is 3.53. The molecule has 0 fully saturated rings. The molecule has 0 saturated carbocycles. The van der Waals surface area contributed by atoms with Crippen LogP contribution in [0.5, 0.6) is 17.2 Å². The largest absolute Gasteiger partial charge is 0.496 e. The fraction of sp³-hybridized carbons (Fsp3) is 0.462. The van der Waals surface area contributed by atoms with E-state index in [1.165, 1.54) is 0 Å². The number of aryl methyl sites for hydroxylation is 1. The average molecular weight is 457 g/mol. The summed E-state index contributed by atoms with van der Waals surface area (Å²) in [6.45, 7) is 6.70. The molecule has 2 amide bonds. The van der Waals surface area contributed by atoms with Gasteiger partial charge >= 0.3 is 0 Å². The van der Waals surface area contributed by atoms with E-state index < -0.39 is 6.04 Å². The van der Waals surface area contributed by atoms with E-state index in [9.17, 15) is 9.59 Å². The summed E-state index contributed by atoms with van der Waals surface area (Å²) in [6, 6.07) is 12.5. The van der Waals surface area contributed by atoms with E-state index in [0.29, 0.717) is 36.8 Å². The van der Waals surface area contributed by atoms with Crippen LogP contribution in [0.15, 0.2) is 42.5 Å². The first-order valence-corrected chi connectivity index (χ1v) is 11.4. The van der Waals surface area contributed by atoms with Crippen LogP contribution >= 0.6 is 0 Å². The van der Waals surface area contributed by atoms with Crippen molar-refractivity contribution in [3.05, 3.63) is 53.6 Å². The van der Waals surface area contributed by atoms with Gasteiger partial charge in [-0.2, -0.15) is 0 Å². The number of carbonyl (C=O) groups is 2. The Balaban J connectivity index is 2.22. The fourth-order valence-electron chi connectivity index (χ4n) is 3.53. The molecule has 0 aromatic heterocycles. The predicted octanol–water partition coefficient (Wildman–Crippen LogP) is 4.11. The summed E-state index contributed by atoms with van der Waals surface area (Å²) in [5.74, 6) is 1.17. The highest BCUT2D eigenvalue weighted by Gasteiger charge is 2.29. The average Bonchev–Trinajstić information content (AvgIpc) is 2.82. The third-order valence-corrected chi connectivity index (χ3v) is 5.34. The monoisotopic (exact) mass is 456 g/mol. The minimum atomic E-state index is -0.585. The summed E-state index contributed by atoms with van der Waals surface area (Å²) in [4.78, 5) is 27.8. The van der Waals surface area contributed by atoms with Gasteiger partial charge in [0.1, 0.15) is 23.3 Å². The van der Waals surface area contributed by atoms with Crippen LogP contribution in [-0.2, 0) is 16.1 Å². The number of rotatable bonds is 13. The molecule has 2 aromatic carbocycles. The molecule has 0 spiro atoms. The van der Waals surface area contributed by atoms with E-state index in [4.69, 9.17) is 14.2 Å². The first-order chi connectivity index (χ1) is 15.9. The summed E-state index contributed by atoms with van der Waals surface area (Å²) in [6.07, 6.45) is 2.39. The van der Waals surface area contributed by atoms with Gasteiger partial charge in [-0.3, -0.25) is 9.59 Å². The number of hydrogen-bond donors (Lipinski definition) is 1. The smallest absolute Gasteiger partial charge is 0.261 e. The first-order valence-electron chi connectivity index (χ1n) is 11.4. The Morgan fingerprint density at radius 2 is 1.67 bits per heavy atom. The highest BCUT2D eigenvalue weighted by molar-refractivity contribution is 5.88. The highest BCUT2D eigenvalue weighted by atomic mass is 16.5. The maximum Gasteiger partial charge on any atom is 0.261 e. The molecule has 0 aliphatic heterocycles. The Kier molecular flexibility index (Phi) is 10.5. The van der Waals surface area contributed by atoms with Crippen LogP contribution in [0.25, 0.3) is 0 Å². The van der Waals surface area contributed by atoms with Crippen molar-refractivity contribution in [2.24, 2.45) is 0 Å². The third-order valence-electron chi connectivity index (χ3n) is 5.34. The maximum atomic E-state index is 13.3. The highest BCUT2D eigenvalue weighted by Crippen LogP contribution is 2.27. The van der Waals surface area contributed by atoms with E-state index in [-0.39, 0.29) is 18.4 Å². The lowest BCUT2D eigenvalue weighted by Crippen LogP contribution is -2.50. The van der Waals surface area contributed by atoms with Gasteiger partial charge in [-0.1, -0.05) is 50.1 Å². The minimum Gasteiger partial charge on any atom is -0.496 e. The van der Waals surface area contributed by atoms with Crippen molar-refractivity contribution in [3.8, 4) is 17.2 Å². The molecule has 1 atom stereocenters. The second kappa shape index (κ2) is 13.4. The second-order valence-electron chi connectivity index (χ2n) is 7.92. The van der Waals surface area contributed by atoms with E-state index in [1.54, 1.807) is 37.3 Å². The Morgan fingerprint density at radius 3 is 2.24 bits per heavy atom. The van der Waals surface area contributed by atoms with Crippen LogP contribution in [-0.4, -0.2) is 50.1 Å². The number of hydrogen-bond acceptors (Lipinski definition) is 5. The van der Waals surface area contributed by atoms with Gasteiger partial charge in [0.05, 0.1) is 14.2 Å². The van der Waals surface area contributed by atoms with Gasteiger partial charge in [0, 0.05) is 31.3 Å². The SMILES string of the molecule is CCCCNC(=O)C(CC)N(Cc1cccc(C)c1)C(=O)COc1cc(OC)cc(OC)c1. The number of carbonyl (C=O) groups excluding carboxylic acids is 2. The number of nitrogens with zero attached hydrogens (tertiary/aromatic N) is 1. The third kappa shape index (κ3) is 8.00. The number of nitrogens with one attached hydrogen (secondary N) is 1. The van der Waals surface area contributed by atoms with Gasteiger partial charge in [0.15, 0.2) is 6.61 Å². The van der Waals surface area contributed by atoms with E-state index in [0.717, 1.165) is 24.0 Å². The number of unbranched alkanes of at least 4 members (excludes halogenated alkanes) is 1. The first kappa shape index (κ1) is 26.0. The van der Waals surface area contributed by atoms with Crippen LogP contribution in [0, 0.1) is 6.92 Å². The Hall–Kier alpha value is -3.22. The summed E-state index contributed by atoms with van der Waals surface area (Å²) >= 11 is 0. The molecular weight excluding hydrogens is 420 g/mol. The second-order valence-corrected chi connectivity index (χ2v) is 7.92. The molecule has 1 unspecified atom stereocenters. The lowest BCUT2D eigenvalue weighted by atomic mass is 10.1. The zero-order valence-electron chi connectivity index (χ0n) is 20.3. The van der Waals surface area contributed by atoms with Gasteiger partial charge in [0.2, 0.25) is 5.91 Å². The molecule has 0 aliphatic carbocycles. The van der Waals surface area contributed by atoms with Crippen molar-refractivity contribution < 1.29 is 23.8 Å². The number of benzene rings is 2. The normalized spacial score (nSPS) is 11.4. The molecule has 7 heteroatoms. The van der Waals surface area contributed by atoms with Gasteiger partial charge in [-0.05, 0) is 25.3 Å². The van der Waals surface area contributed by atoms with E-state index in [2.05, 4.69) is 12.2 Å². The molecule has 0 saturated heterocycles. The molecular formula is C26H36N2O5. The molecule has 0 radical (unpaired) electrons. The van der Waals surface area contributed by atoms with E-state index >= 15 is 0 Å². The summed E-state index contributed by atoms with van der Waals surface area (Å²) in [5.41, 5.74) is 2.06. The topological polar surface area (TPSA) is 77.1 Å². The summed E-state index contributed by atoms with van der Waals surface area (Å²) in [5, 5.41) is 2.96. The quantitative estimate of drug-likeness (QED) is 0.459. The Labute approximate surface area is 197 Å². The lowest BCUT2D eigenvalue weighted by molar-refractivity contribution is -0.143. The van der Waals surface area contributed by atoms with Crippen LogP contribution in [0.2, 0.25) is 0 Å². The minimum absolute atomic E-state index is 0.144. The molecule has 2 rings (SSSR count). The van der Waals surface area contributed by atoms with Gasteiger partial charge in [0.25, 0.3) is 5.91 Å². The zero-order valence-corrected chi connectivity index (χ0v) is 20.3. The molecule has 1 N–H and O–H groups in total. The summed E-state index contributed by atoms with van der Waals surface area (Å²) < 4.78 is 16.3. The van der Waals surface area contributed by atoms with Crippen molar-refractivity contribution in [3.63, 3.8) is 0 Å². The van der Waals surface area contributed by atoms with E-state index in [1.807, 2.05) is 38.1 Å². The summed E-state index contributed by atoms with van der Waals surface area (Å²) in [7, 11) is 3.10. The van der Waals surface area contributed by atoms with Crippen LogP contribution in [0.4, 0.5) is 0 Å². The molecule has 33 heavy (non-hydrogen) atoms. The molecule has 0 aliphatic rings. The molecule has 0 bridgehead atoms. The Bertz CT molecular complexity index is 893. The Morgan fingerprint density at radius 1 is 1.00 bits per heavy atom. The van der Waals surface area contributed by atoms with Crippen molar-refractivity contribution in [2.75, 3.05) is 27.4 Å². The van der Waals surface area contributed by atoms with Crippen LogP contribution in [0.1, 0.15) is 44.2 Å². The lowest BCUT2D eigenvalue weighted by Gasteiger charge is -2.30. The van der Waals surface area contributed by atoms with Gasteiger partial charge in [-0.15, -0.1) is 0 Å². The van der Waals surface area contributed by atoms with Crippen LogP contribution < -0.4 is 19.5 Å². The van der Waals surface area contributed by atoms with Crippen molar-refractivity contribution in [1.82, 2.24) is 10.2 Å².